The molecule has 2 heterocycles. The fourth-order valence-electron chi connectivity index (χ4n) is 4.15. The smallest absolute Gasteiger partial charge is 0.244 e. The summed E-state index contributed by atoms with van der Waals surface area (Å²) in [4.78, 5) is 20.7. The summed E-state index contributed by atoms with van der Waals surface area (Å²) in [5.41, 5.74) is 13.4. The molecule has 0 bridgehead atoms. The number of primary amides is 1. The van der Waals surface area contributed by atoms with Crippen molar-refractivity contribution in [1.82, 2.24) is 21.4 Å². The van der Waals surface area contributed by atoms with Gasteiger partial charge in [0, 0.05) is 35.6 Å². The highest BCUT2D eigenvalue weighted by atomic mass is 16.5. The SMILES string of the molecule is COc1nc(-c2cccc(-c3ccccc3)c2C)ccc1CNCCC(=Cc1cccnc1)C(N)=O.N. The largest absolute Gasteiger partial charge is 0.481 e. The van der Waals surface area contributed by atoms with Crippen molar-refractivity contribution in [2.24, 2.45) is 5.73 Å². The van der Waals surface area contributed by atoms with Crippen LogP contribution in [0.1, 0.15) is 23.1 Å². The van der Waals surface area contributed by atoms with Gasteiger partial charge in [0.05, 0.1) is 12.8 Å². The van der Waals surface area contributed by atoms with Crippen LogP contribution in [0.5, 0.6) is 5.88 Å². The minimum atomic E-state index is -0.433. The van der Waals surface area contributed by atoms with Crippen LogP contribution in [0.15, 0.2) is 90.8 Å². The van der Waals surface area contributed by atoms with Gasteiger partial charge in [0.15, 0.2) is 0 Å². The Morgan fingerprint density at radius 1 is 1.00 bits per heavy atom. The first-order valence-electron chi connectivity index (χ1n) is 11.9. The van der Waals surface area contributed by atoms with Crippen LogP contribution in [0, 0.1) is 6.92 Å². The van der Waals surface area contributed by atoms with Crippen molar-refractivity contribution in [3.63, 3.8) is 0 Å². The Balaban J connectivity index is 0.00000380. The molecule has 7 heteroatoms. The Kier molecular flexibility index (Phi) is 9.66. The van der Waals surface area contributed by atoms with E-state index >= 15 is 0 Å². The molecule has 0 aliphatic rings. The fraction of sp³-hybridized carbons (Fsp3) is 0.167. The third kappa shape index (κ3) is 6.88. The zero-order valence-corrected chi connectivity index (χ0v) is 21.3. The van der Waals surface area contributed by atoms with Crippen LogP contribution in [0.3, 0.4) is 0 Å². The number of hydrogen-bond donors (Lipinski definition) is 3. The normalized spacial score (nSPS) is 11.0. The Bertz CT molecular complexity index is 1360. The summed E-state index contributed by atoms with van der Waals surface area (Å²) in [7, 11) is 1.63. The van der Waals surface area contributed by atoms with Crippen LogP contribution in [0.25, 0.3) is 28.5 Å². The lowest BCUT2D eigenvalue weighted by molar-refractivity contribution is -0.114. The predicted octanol–water partition coefficient (Wildman–Crippen LogP) is 5.34. The van der Waals surface area contributed by atoms with Crippen molar-refractivity contribution in [2.75, 3.05) is 13.7 Å². The number of pyridine rings is 2. The maximum absolute atomic E-state index is 11.9. The number of carbonyl (C=O) groups is 1. The zero-order chi connectivity index (χ0) is 25.3. The number of nitrogens with zero attached hydrogens (tertiary/aromatic N) is 2. The molecule has 0 aliphatic heterocycles. The summed E-state index contributed by atoms with van der Waals surface area (Å²) in [5.74, 6) is 0.142. The minimum Gasteiger partial charge on any atom is -0.481 e. The van der Waals surface area contributed by atoms with Gasteiger partial charge in [-0.3, -0.25) is 9.78 Å². The third-order valence-corrected chi connectivity index (χ3v) is 6.06. The molecule has 0 atom stereocenters. The average molecular weight is 496 g/mol. The molecule has 0 saturated carbocycles. The highest BCUT2D eigenvalue weighted by Crippen LogP contribution is 2.32. The van der Waals surface area contributed by atoms with Crippen molar-refractivity contribution >= 4 is 12.0 Å². The number of rotatable bonds is 10. The summed E-state index contributed by atoms with van der Waals surface area (Å²) in [6.45, 7) is 3.26. The van der Waals surface area contributed by atoms with Crippen LogP contribution in [0.4, 0.5) is 0 Å². The van der Waals surface area contributed by atoms with E-state index in [0.29, 0.717) is 31.0 Å². The Labute approximate surface area is 218 Å². The van der Waals surface area contributed by atoms with Crippen LogP contribution in [0.2, 0.25) is 0 Å². The molecule has 2 aromatic carbocycles. The van der Waals surface area contributed by atoms with Gasteiger partial charge in [-0.1, -0.05) is 60.7 Å². The van der Waals surface area contributed by atoms with Gasteiger partial charge in [0.1, 0.15) is 0 Å². The first-order valence-corrected chi connectivity index (χ1v) is 11.9. The molecule has 4 rings (SSSR count). The van der Waals surface area contributed by atoms with Gasteiger partial charge < -0.3 is 21.9 Å². The first kappa shape index (κ1) is 27.3. The van der Waals surface area contributed by atoms with E-state index in [4.69, 9.17) is 15.5 Å². The maximum Gasteiger partial charge on any atom is 0.244 e. The standard InChI is InChI=1S/C30H30N4O2.H3N/c1-21-26(23-9-4-3-5-10-23)11-6-12-27(21)28-14-13-25(30(34-28)36-2)20-33-17-15-24(29(31)35)18-22-8-7-16-32-19-22;/h3-14,16,18-19,33H,15,17,20H2,1-2H3,(H2,31,35);1H3. The number of carbonyl (C=O) groups excluding carboxylic acids is 1. The number of methoxy groups -OCH3 is 1. The monoisotopic (exact) mass is 495 g/mol. The minimum absolute atomic E-state index is 0. The van der Waals surface area contributed by atoms with Gasteiger partial charge in [-0.15, -0.1) is 0 Å². The van der Waals surface area contributed by atoms with E-state index in [0.717, 1.165) is 22.4 Å². The average Bonchev–Trinajstić information content (AvgIpc) is 2.91. The van der Waals surface area contributed by atoms with Crippen molar-refractivity contribution in [1.29, 1.82) is 0 Å². The molecular formula is C30H33N5O2. The molecule has 0 fully saturated rings. The van der Waals surface area contributed by atoms with E-state index < -0.39 is 5.91 Å². The van der Waals surface area contributed by atoms with Gasteiger partial charge in [-0.05, 0) is 60.4 Å². The Morgan fingerprint density at radius 2 is 1.78 bits per heavy atom. The van der Waals surface area contributed by atoms with Gasteiger partial charge in [-0.2, -0.15) is 0 Å². The maximum atomic E-state index is 11.9. The molecule has 0 aliphatic carbocycles. The summed E-state index contributed by atoms with van der Waals surface area (Å²) in [5, 5.41) is 3.36. The molecular weight excluding hydrogens is 462 g/mol. The summed E-state index contributed by atoms with van der Waals surface area (Å²) >= 11 is 0. The molecule has 2 aromatic heterocycles. The second-order valence-corrected chi connectivity index (χ2v) is 8.46. The van der Waals surface area contributed by atoms with E-state index in [1.807, 2.05) is 42.5 Å². The molecule has 4 aromatic rings. The molecule has 0 saturated heterocycles. The van der Waals surface area contributed by atoms with E-state index in [-0.39, 0.29) is 6.15 Å². The molecule has 0 spiro atoms. The zero-order valence-electron chi connectivity index (χ0n) is 21.3. The van der Waals surface area contributed by atoms with Crippen molar-refractivity contribution < 1.29 is 9.53 Å². The molecule has 1 amide bonds. The lowest BCUT2D eigenvalue weighted by Gasteiger charge is -2.14. The number of ether oxygens (including phenoxy) is 1. The first-order chi connectivity index (χ1) is 17.6. The highest BCUT2D eigenvalue weighted by Gasteiger charge is 2.13. The fourth-order valence-corrected chi connectivity index (χ4v) is 4.15. The molecule has 190 valence electrons. The summed E-state index contributed by atoms with van der Waals surface area (Å²) in [6, 6.07) is 24.4. The number of hydrogen-bond acceptors (Lipinski definition) is 6. The van der Waals surface area contributed by atoms with E-state index in [2.05, 4.69) is 47.6 Å². The van der Waals surface area contributed by atoms with Gasteiger partial charge in [-0.25, -0.2) is 4.98 Å². The van der Waals surface area contributed by atoms with Gasteiger partial charge in [0.25, 0.3) is 0 Å². The summed E-state index contributed by atoms with van der Waals surface area (Å²) < 4.78 is 5.61. The number of benzene rings is 2. The molecule has 0 unspecified atom stereocenters. The van der Waals surface area contributed by atoms with Crippen LogP contribution in [-0.2, 0) is 11.3 Å². The number of aromatic nitrogens is 2. The number of amides is 1. The molecule has 0 radical (unpaired) electrons. The van der Waals surface area contributed by atoms with Crippen LogP contribution < -0.4 is 21.9 Å². The Hall–Kier alpha value is -4.33. The van der Waals surface area contributed by atoms with Gasteiger partial charge in [0.2, 0.25) is 11.8 Å². The van der Waals surface area contributed by atoms with Crippen molar-refractivity contribution in [2.45, 2.75) is 19.9 Å². The predicted molar refractivity (Wildman–Crippen MR) is 149 cm³/mol. The highest BCUT2D eigenvalue weighted by molar-refractivity contribution is 5.96. The topological polar surface area (TPSA) is 125 Å². The molecule has 7 nitrogen and oxygen atoms in total. The van der Waals surface area contributed by atoms with Gasteiger partial charge >= 0.3 is 0 Å². The second-order valence-electron chi connectivity index (χ2n) is 8.46. The van der Waals surface area contributed by atoms with E-state index in [9.17, 15) is 4.79 Å². The summed E-state index contributed by atoms with van der Waals surface area (Å²) in [6.07, 6.45) is 5.67. The Morgan fingerprint density at radius 3 is 2.49 bits per heavy atom. The van der Waals surface area contributed by atoms with Crippen LogP contribution in [-0.4, -0.2) is 29.5 Å². The second kappa shape index (κ2) is 13.1. The number of nitrogens with two attached hydrogens (primary N) is 1. The van der Waals surface area contributed by atoms with Crippen molar-refractivity contribution in [3.8, 4) is 28.3 Å². The van der Waals surface area contributed by atoms with E-state index in [1.165, 1.54) is 16.7 Å². The quantitative estimate of drug-likeness (QED) is 0.201. The third-order valence-electron chi connectivity index (χ3n) is 6.06. The van der Waals surface area contributed by atoms with Crippen molar-refractivity contribution in [3.05, 3.63) is 107 Å². The lowest BCUT2D eigenvalue weighted by Crippen LogP contribution is -2.21. The van der Waals surface area contributed by atoms with Crippen LogP contribution >= 0.6 is 0 Å². The lowest BCUT2D eigenvalue weighted by atomic mass is 9.94. The molecule has 37 heavy (non-hydrogen) atoms. The molecule has 6 N–H and O–H groups in total. The number of nitrogens with one attached hydrogen (secondary N) is 1. The van der Waals surface area contributed by atoms with E-state index in [1.54, 1.807) is 25.6 Å².